The van der Waals surface area contributed by atoms with Crippen LogP contribution in [0.25, 0.3) is 10.8 Å². The molecule has 2 rings (SSSR count). The molecule has 0 aliphatic carbocycles. The summed E-state index contributed by atoms with van der Waals surface area (Å²) in [5, 5.41) is 2.42. The highest BCUT2D eigenvalue weighted by Crippen LogP contribution is 2.19. The summed E-state index contributed by atoms with van der Waals surface area (Å²) in [5.41, 5.74) is 1.06. The van der Waals surface area contributed by atoms with Gasteiger partial charge in [0.1, 0.15) is 0 Å². The Kier molecular flexibility index (Phi) is 1.85. The highest BCUT2D eigenvalue weighted by Gasteiger charge is 1.94. The van der Waals surface area contributed by atoms with Gasteiger partial charge >= 0.3 is 0 Å². The average molecular weight is 222 g/mol. The predicted molar refractivity (Wildman–Crippen MR) is 54.2 cm³/mol. The molecule has 2 aromatic rings. The second-order valence-electron chi connectivity index (χ2n) is 2.82. The molecule has 60 valence electrons. The molecule has 0 radical (unpaired) electrons. The summed E-state index contributed by atoms with van der Waals surface area (Å²) in [6.45, 7) is 2.00. The molecule has 0 atom stereocenters. The van der Waals surface area contributed by atoms with Crippen LogP contribution in [0.5, 0.6) is 0 Å². The Morgan fingerprint density at radius 1 is 1.17 bits per heavy atom. The molecule has 0 bridgehead atoms. The number of pyridine rings is 1. The van der Waals surface area contributed by atoms with Gasteiger partial charge in [-0.3, -0.25) is 4.98 Å². The van der Waals surface area contributed by atoms with Gasteiger partial charge in [-0.2, -0.15) is 0 Å². The largest absolute Gasteiger partial charge is 0.261 e. The van der Waals surface area contributed by atoms with Gasteiger partial charge in [0.15, 0.2) is 0 Å². The molecule has 0 aliphatic heterocycles. The number of nitrogens with zero attached hydrogens (tertiary/aromatic N) is 1. The second-order valence-corrected chi connectivity index (χ2v) is 3.73. The molecule has 0 unspecified atom stereocenters. The Morgan fingerprint density at radius 3 is 2.83 bits per heavy atom. The molecule has 2 heteroatoms. The number of fused-ring (bicyclic) bond motifs is 1. The molecule has 1 aromatic heterocycles. The van der Waals surface area contributed by atoms with Crippen molar-refractivity contribution in [2.24, 2.45) is 0 Å². The van der Waals surface area contributed by atoms with Gasteiger partial charge in [-0.25, -0.2) is 0 Å². The van der Waals surface area contributed by atoms with Crippen LogP contribution in [-0.2, 0) is 0 Å². The molecule has 0 saturated heterocycles. The Balaban J connectivity index is 2.79. The van der Waals surface area contributed by atoms with Crippen LogP contribution in [0.3, 0.4) is 0 Å². The SMILES string of the molecule is Cc1cc2ccc(Br)cc2cn1. The van der Waals surface area contributed by atoms with Crippen molar-refractivity contribution in [2.45, 2.75) is 6.92 Å². The lowest BCUT2D eigenvalue weighted by Gasteiger charge is -1.98. The molecule has 0 fully saturated rings. The maximum Gasteiger partial charge on any atom is 0.0379 e. The summed E-state index contributed by atoms with van der Waals surface area (Å²) >= 11 is 3.42. The number of rotatable bonds is 0. The Labute approximate surface area is 79.6 Å². The molecule has 0 N–H and O–H groups in total. The average Bonchev–Trinajstić information content (AvgIpc) is 2.05. The molecule has 12 heavy (non-hydrogen) atoms. The minimum atomic E-state index is 1.06. The summed E-state index contributed by atoms with van der Waals surface area (Å²) in [4.78, 5) is 4.23. The molecule has 0 saturated carbocycles. The second kappa shape index (κ2) is 2.87. The highest BCUT2D eigenvalue weighted by molar-refractivity contribution is 9.10. The van der Waals surface area contributed by atoms with E-state index >= 15 is 0 Å². The number of aryl methyl sites for hydroxylation is 1. The zero-order valence-electron chi connectivity index (χ0n) is 6.71. The minimum Gasteiger partial charge on any atom is -0.261 e. The van der Waals surface area contributed by atoms with Gasteiger partial charge < -0.3 is 0 Å². The smallest absolute Gasteiger partial charge is 0.0379 e. The molecular weight excluding hydrogens is 214 g/mol. The first kappa shape index (κ1) is 7.74. The summed E-state index contributed by atoms with van der Waals surface area (Å²) in [5.74, 6) is 0. The maximum atomic E-state index is 4.23. The fraction of sp³-hybridized carbons (Fsp3) is 0.100. The van der Waals surface area contributed by atoms with E-state index in [9.17, 15) is 0 Å². The van der Waals surface area contributed by atoms with Crippen LogP contribution in [0.2, 0.25) is 0 Å². The number of halogens is 1. The van der Waals surface area contributed by atoms with E-state index in [0.717, 1.165) is 10.2 Å². The zero-order chi connectivity index (χ0) is 8.55. The van der Waals surface area contributed by atoms with E-state index in [2.05, 4.69) is 39.1 Å². The fourth-order valence-electron chi connectivity index (χ4n) is 1.22. The first-order chi connectivity index (χ1) is 5.75. The predicted octanol–water partition coefficient (Wildman–Crippen LogP) is 3.31. The normalized spacial score (nSPS) is 10.5. The van der Waals surface area contributed by atoms with Crippen molar-refractivity contribution < 1.29 is 0 Å². The lowest BCUT2D eigenvalue weighted by atomic mass is 10.1. The molecule has 1 nitrogen and oxygen atoms in total. The monoisotopic (exact) mass is 221 g/mol. The lowest BCUT2D eigenvalue weighted by Crippen LogP contribution is -1.80. The summed E-state index contributed by atoms with van der Waals surface area (Å²) in [7, 11) is 0. The van der Waals surface area contributed by atoms with Gasteiger partial charge in [-0.05, 0) is 30.5 Å². The number of aromatic nitrogens is 1. The molecule has 1 aromatic carbocycles. The highest BCUT2D eigenvalue weighted by atomic mass is 79.9. The Hall–Kier alpha value is -0.890. The van der Waals surface area contributed by atoms with E-state index in [1.165, 1.54) is 10.8 Å². The third-order valence-electron chi connectivity index (χ3n) is 1.82. The van der Waals surface area contributed by atoms with E-state index in [0.29, 0.717) is 0 Å². The number of hydrogen-bond acceptors (Lipinski definition) is 1. The van der Waals surface area contributed by atoms with E-state index in [1.54, 1.807) is 0 Å². The number of hydrogen-bond donors (Lipinski definition) is 0. The van der Waals surface area contributed by atoms with Crippen molar-refractivity contribution in [1.29, 1.82) is 0 Å². The third kappa shape index (κ3) is 1.34. The van der Waals surface area contributed by atoms with E-state index in [-0.39, 0.29) is 0 Å². The van der Waals surface area contributed by atoms with E-state index in [1.807, 2.05) is 19.2 Å². The van der Waals surface area contributed by atoms with Crippen LogP contribution in [-0.4, -0.2) is 4.98 Å². The fourth-order valence-corrected chi connectivity index (χ4v) is 1.60. The third-order valence-corrected chi connectivity index (χ3v) is 2.31. The van der Waals surface area contributed by atoms with Crippen molar-refractivity contribution in [1.82, 2.24) is 4.98 Å². The van der Waals surface area contributed by atoms with Crippen molar-refractivity contribution in [3.05, 3.63) is 40.6 Å². The van der Waals surface area contributed by atoms with Crippen molar-refractivity contribution >= 4 is 26.7 Å². The lowest BCUT2D eigenvalue weighted by molar-refractivity contribution is 1.22. The first-order valence-corrected chi connectivity index (χ1v) is 4.57. The molecule has 0 aliphatic rings. The Morgan fingerprint density at radius 2 is 2.00 bits per heavy atom. The topological polar surface area (TPSA) is 12.9 Å². The molecule has 0 spiro atoms. The summed E-state index contributed by atoms with van der Waals surface area (Å²) in [6, 6.07) is 8.29. The van der Waals surface area contributed by atoms with Gasteiger partial charge in [0.2, 0.25) is 0 Å². The van der Waals surface area contributed by atoms with Crippen molar-refractivity contribution in [3.63, 3.8) is 0 Å². The van der Waals surface area contributed by atoms with Crippen LogP contribution in [0.15, 0.2) is 34.9 Å². The van der Waals surface area contributed by atoms with E-state index in [4.69, 9.17) is 0 Å². The maximum absolute atomic E-state index is 4.23. The molecule has 0 amide bonds. The van der Waals surface area contributed by atoms with Gasteiger partial charge in [-0.15, -0.1) is 0 Å². The van der Waals surface area contributed by atoms with Gasteiger partial charge in [0.05, 0.1) is 0 Å². The van der Waals surface area contributed by atoms with Gasteiger partial charge in [0, 0.05) is 21.7 Å². The van der Waals surface area contributed by atoms with Crippen LogP contribution in [0.4, 0.5) is 0 Å². The van der Waals surface area contributed by atoms with E-state index < -0.39 is 0 Å². The molecule has 1 heterocycles. The zero-order valence-corrected chi connectivity index (χ0v) is 8.30. The van der Waals surface area contributed by atoms with Crippen LogP contribution in [0.1, 0.15) is 5.69 Å². The van der Waals surface area contributed by atoms with Crippen LogP contribution in [0, 0.1) is 6.92 Å². The quantitative estimate of drug-likeness (QED) is 0.666. The van der Waals surface area contributed by atoms with Crippen LogP contribution >= 0.6 is 15.9 Å². The number of benzene rings is 1. The standard InChI is InChI=1S/C10H8BrN/c1-7-4-8-2-3-10(11)5-9(8)6-12-7/h2-6H,1H3. The Bertz CT molecular complexity index is 382. The van der Waals surface area contributed by atoms with Crippen LogP contribution < -0.4 is 0 Å². The van der Waals surface area contributed by atoms with Gasteiger partial charge in [-0.1, -0.05) is 22.0 Å². The van der Waals surface area contributed by atoms with Crippen molar-refractivity contribution in [3.8, 4) is 0 Å². The van der Waals surface area contributed by atoms with Crippen molar-refractivity contribution in [2.75, 3.05) is 0 Å². The minimum absolute atomic E-state index is 1.06. The molecular formula is C10H8BrN. The summed E-state index contributed by atoms with van der Waals surface area (Å²) in [6.07, 6.45) is 1.90. The van der Waals surface area contributed by atoms with Gasteiger partial charge in [0.25, 0.3) is 0 Å². The summed E-state index contributed by atoms with van der Waals surface area (Å²) < 4.78 is 1.10. The first-order valence-electron chi connectivity index (χ1n) is 3.77.